The Bertz CT molecular complexity index is 678. The average molecular weight is 380 g/mol. The monoisotopic (exact) mass is 380 g/mol. The number of H-pyrrole nitrogens is 1. The normalized spacial score (nSPS) is 12.1. The highest BCUT2D eigenvalue weighted by atomic mass is 16.5. The van der Waals surface area contributed by atoms with E-state index in [4.69, 9.17) is 9.47 Å². The van der Waals surface area contributed by atoms with Crippen molar-refractivity contribution < 1.29 is 23.9 Å². The number of ketones is 1. The van der Waals surface area contributed by atoms with Crippen molar-refractivity contribution in [2.45, 2.75) is 53.5 Å². The van der Waals surface area contributed by atoms with Crippen LogP contribution < -0.4 is 0 Å². The second-order valence-electron chi connectivity index (χ2n) is 7.19. The Morgan fingerprint density at radius 2 is 1.74 bits per heavy atom. The third-order valence-corrected chi connectivity index (χ3v) is 4.57. The summed E-state index contributed by atoms with van der Waals surface area (Å²) in [6.07, 6.45) is 1.03. The first kappa shape index (κ1) is 22.9. The maximum absolute atomic E-state index is 13.2. The molecular formula is C20H32N2O5. The van der Waals surface area contributed by atoms with E-state index < -0.39 is 12.0 Å². The Morgan fingerprint density at radius 1 is 1.11 bits per heavy atom. The van der Waals surface area contributed by atoms with Crippen LogP contribution in [0.3, 0.4) is 0 Å². The number of methoxy groups -OCH3 is 2. The minimum absolute atomic E-state index is 0.0546. The van der Waals surface area contributed by atoms with Gasteiger partial charge in [-0.25, -0.2) is 4.79 Å². The van der Waals surface area contributed by atoms with Crippen molar-refractivity contribution in [1.29, 1.82) is 0 Å². The number of rotatable bonds is 10. The Morgan fingerprint density at radius 3 is 2.26 bits per heavy atom. The number of carbonyl (C=O) groups excluding carboxylic acids is 3. The van der Waals surface area contributed by atoms with Gasteiger partial charge in [-0.15, -0.1) is 0 Å². The SMILES string of the molecule is COCCCN(C(=O)CC(C)C)[C@@H](C)C(=O)c1c(C)[nH]c(C(=O)OC)c1C. The third-order valence-electron chi connectivity index (χ3n) is 4.57. The molecule has 7 nitrogen and oxygen atoms in total. The van der Waals surface area contributed by atoms with Gasteiger partial charge in [-0.2, -0.15) is 0 Å². The molecule has 1 heterocycles. The van der Waals surface area contributed by atoms with Gasteiger partial charge in [-0.3, -0.25) is 9.59 Å². The number of carbonyl (C=O) groups is 3. The molecule has 1 rings (SSSR count). The molecule has 0 saturated carbocycles. The van der Waals surface area contributed by atoms with Gasteiger partial charge in [0.15, 0.2) is 5.78 Å². The number of nitrogens with zero attached hydrogens (tertiary/aromatic N) is 1. The summed E-state index contributed by atoms with van der Waals surface area (Å²) in [5.74, 6) is -0.562. The standard InChI is InChI=1S/C20H32N2O5/c1-12(2)11-16(23)22(9-8-10-26-6)15(5)19(24)17-13(3)18(20(25)27-7)21-14(17)4/h12,15,21H,8-11H2,1-7H3/t15-/m0/s1. The number of ether oxygens (including phenoxy) is 2. The molecule has 27 heavy (non-hydrogen) atoms. The van der Waals surface area contributed by atoms with Crippen LogP contribution in [0.25, 0.3) is 0 Å². The van der Waals surface area contributed by atoms with Gasteiger partial charge in [0.25, 0.3) is 0 Å². The van der Waals surface area contributed by atoms with E-state index in [1.807, 2.05) is 13.8 Å². The van der Waals surface area contributed by atoms with Crippen molar-refractivity contribution >= 4 is 17.7 Å². The fraction of sp³-hybridized carbons (Fsp3) is 0.650. The molecule has 0 unspecified atom stereocenters. The lowest BCUT2D eigenvalue weighted by atomic mass is 9.99. The van der Waals surface area contributed by atoms with Crippen molar-refractivity contribution in [2.24, 2.45) is 5.92 Å². The first-order chi connectivity index (χ1) is 12.6. The summed E-state index contributed by atoms with van der Waals surface area (Å²) in [7, 11) is 2.90. The summed E-state index contributed by atoms with van der Waals surface area (Å²) in [4.78, 5) is 42.3. The van der Waals surface area contributed by atoms with Crippen LogP contribution in [-0.2, 0) is 14.3 Å². The third kappa shape index (κ3) is 5.66. The molecule has 0 saturated heterocycles. The molecule has 0 aliphatic carbocycles. The van der Waals surface area contributed by atoms with Crippen molar-refractivity contribution in [3.8, 4) is 0 Å². The molecule has 1 atom stereocenters. The molecule has 0 radical (unpaired) electrons. The number of Topliss-reactive ketones (excluding diaryl/α,β-unsaturated/α-hetero) is 1. The lowest BCUT2D eigenvalue weighted by Gasteiger charge is -2.29. The van der Waals surface area contributed by atoms with E-state index in [-0.39, 0.29) is 23.3 Å². The van der Waals surface area contributed by atoms with E-state index in [0.29, 0.717) is 42.8 Å². The molecule has 0 bridgehead atoms. The molecular weight excluding hydrogens is 348 g/mol. The highest BCUT2D eigenvalue weighted by Gasteiger charge is 2.31. The predicted octanol–water partition coefficient (Wildman–Crippen LogP) is 2.90. The van der Waals surface area contributed by atoms with Crippen LogP contribution in [0.4, 0.5) is 0 Å². The number of hydrogen-bond donors (Lipinski definition) is 1. The van der Waals surface area contributed by atoms with Crippen LogP contribution in [0, 0.1) is 19.8 Å². The molecule has 1 aromatic rings. The molecule has 0 aromatic carbocycles. The van der Waals surface area contributed by atoms with Crippen LogP contribution in [-0.4, -0.2) is 61.0 Å². The summed E-state index contributed by atoms with van der Waals surface area (Å²) < 4.78 is 9.84. The molecule has 0 aliphatic heterocycles. The minimum atomic E-state index is -0.633. The van der Waals surface area contributed by atoms with E-state index in [1.165, 1.54) is 7.11 Å². The Hall–Kier alpha value is -2.15. The topological polar surface area (TPSA) is 88.7 Å². The number of nitrogens with one attached hydrogen (secondary N) is 1. The molecule has 0 spiro atoms. The highest BCUT2D eigenvalue weighted by molar-refractivity contribution is 6.06. The van der Waals surface area contributed by atoms with Gasteiger partial charge < -0.3 is 19.4 Å². The first-order valence-corrected chi connectivity index (χ1v) is 9.25. The maximum atomic E-state index is 13.2. The van der Waals surface area contributed by atoms with Crippen molar-refractivity contribution in [2.75, 3.05) is 27.4 Å². The fourth-order valence-electron chi connectivity index (χ4n) is 3.16. The number of amides is 1. The lowest BCUT2D eigenvalue weighted by molar-refractivity contribution is -0.133. The van der Waals surface area contributed by atoms with Gasteiger partial charge in [0.2, 0.25) is 5.91 Å². The quantitative estimate of drug-likeness (QED) is 0.383. The maximum Gasteiger partial charge on any atom is 0.354 e. The summed E-state index contributed by atoms with van der Waals surface area (Å²) in [5, 5.41) is 0. The summed E-state index contributed by atoms with van der Waals surface area (Å²) in [6, 6.07) is -0.633. The van der Waals surface area contributed by atoms with Gasteiger partial charge >= 0.3 is 5.97 Å². The largest absolute Gasteiger partial charge is 0.464 e. The average Bonchev–Trinajstić information content (AvgIpc) is 2.90. The Labute approximate surface area is 161 Å². The smallest absolute Gasteiger partial charge is 0.354 e. The zero-order chi connectivity index (χ0) is 20.7. The zero-order valence-electron chi connectivity index (χ0n) is 17.5. The molecule has 1 aromatic heterocycles. The lowest BCUT2D eigenvalue weighted by Crippen LogP contribution is -2.44. The number of esters is 1. The Balaban J connectivity index is 3.15. The van der Waals surface area contributed by atoms with Crippen molar-refractivity contribution in [3.05, 3.63) is 22.5 Å². The molecule has 1 N–H and O–H groups in total. The minimum Gasteiger partial charge on any atom is -0.464 e. The number of aromatic nitrogens is 1. The van der Waals surface area contributed by atoms with Crippen molar-refractivity contribution in [3.63, 3.8) is 0 Å². The van der Waals surface area contributed by atoms with E-state index >= 15 is 0 Å². The van der Waals surface area contributed by atoms with E-state index in [1.54, 1.807) is 32.8 Å². The summed E-state index contributed by atoms with van der Waals surface area (Å²) in [5.41, 5.74) is 1.85. The van der Waals surface area contributed by atoms with Crippen LogP contribution in [0.5, 0.6) is 0 Å². The second kappa shape index (κ2) is 10.3. The van der Waals surface area contributed by atoms with Gasteiger partial charge in [-0.05, 0) is 38.7 Å². The first-order valence-electron chi connectivity index (χ1n) is 9.25. The van der Waals surface area contributed by atoms with Crippen LogP contribution in [0.1, 0.15) is 65.7 Å². The highest BCUT2D eigenvalue weighted by Crippen LogP contribution is 2.22. The molecule has 0 fully saturated rings. The molecule has 7 heteroatoms. The van der Waals surface area contributed by atoms with Crippen molar-refractivity contribution in [1.82, 2.24) is 9.88 Å². The summed E-state index contributed by atoms with van der Waals surface area (Å²) in [6.45, 7) is 10.1. The second-order valence-corrected chi connectivity index (χ2v) is 7.19. The van der Waals surface area contributed by atoms with Crippen LogP contribution >= 0.6 is 0 Å². The van der Waals surface area contributed by atoms with E-state index in [2.05, 4.69) is 4.98 Å². The van der Waals surface area contributed by atoms with Gasteiger partial charge in [0, 0.05) is 37.9 Å². The number of aryl methyl sites for hydroxylation is 1. The van der Waals surface area contributed by atoms with E-state index in [0.717, 1.165) is 0 Å². The fourth-order valence-corrected chi connectivity index (χ4v) is 3.16. The van der Waals surface area contributed by atoms with Gasteiger partial charge in [0.1, 0.15) is 5.69 Å². The van der Waals surface area contributed by atoms with Crippen LogP contribution in [0.15, 0.2) is 0 Å². The zero-order valence-corrected chi connectivity index (χ0v) is 17.5. The number of hydrogen-bond acceptors (Lipinski definition) is 5. The van der Waals surface area contributed by atoms with Gasteiger partial charge in [0.05, 0.1) is 13.2 Å². The predicted molar refractivity (Wildman–Crippen MR) is 103 cm³/mol. The molecule has 0 aliphatic rings. The van der Waals surface area contributed by atoms with Gasteiger partial charge in [-0.1, -0.05) is 13.8 Å². The van der Waals surface area contributed by atoms with Crippen LogP contribution in [0.2, 0.25) is 0 Å². The molecule has 1 amide bonds. The Kier molecular flexibility index (Phi) is 8.69. The summed E-state index contributed by atoms with van der Waals surface area (Å²) >= 11 is 0. The van der Waals surface area contributed by atoms with E-state index in [9.17, 15) is 14.4 Å². The number of aromatic amines is 1. The molecule has 152 valence electrons.